The molecule has 1 aliphatic carbocycles. The van der Waals surface area contributed by atoms with E-state index in [1.54, 1.807) is 0 Å². The van der Waals surface area contributed by atoms with Crippen LogP contribution in [-0.4, -0.2) is 22.9 Å². The van der Waals surface area contributed by atoms with Crippen molar-refractivity contribution in [2.24, 2.45) is 11.8 Å². The van der Waals surface area contributed by atoms with Gasteiger partial charge in [0.1, 0.15) is 0 Å². The highest BCUT2D eigenvalue weighted by Gasteiger charge is 2.50. The van der Waals surface area contributed by atoms with Crippen LogP contribution in [0.25, 0.3) is 0 Å². The Balaban J connectivity index is 1.58. The molecule has 0 unspecified atom stereocenters. The molecule has 4 rings (SSSR count). The summed E-state index contributed by atoms with van der Waals surface area (Å²) in [7, 11) is 0. The molecule has 3 atom stereocenters. The Morgan fingerprint density at radius 2 is 1.54 bits per heavy atom. The lowest BCUT2D eigenvalue weighted by Crippen LogP contribution is -2.30. The van der Waals surface area contributed by atoms with E-state index in [0.29, 0.717) is 24.4 Å². The fourth-order valence-corrected chi connectivity index (χ4v) is 4.21. The first kappa shape index (κ1) is 16.5. The molecular weight excluding hydrogens is 330 g/mol. The zero-order chi connectivity index (χ0) is 18.3. The van der Waals surface area contributed by atoms with Crippen molar-refractivity contribution in [2.45, 2.75) is 25.2 Å². The molecule has 5 nitrogen and oxygen atoms in total. The van der Waals surface area contributed by atoms with Gasteiger partial charge in [-0.15, -0.1) is 0 Å². The van der Waals surface area contributed by atoms with Gasteiger partial charge in [-0.2, -0.15) is 0 Å². The van der Waals surface area contributed by atoms with Crippen molar-refractivity contribution in [3.05, 3.63) is 65.7 Å². The van der Waals surface area contributed by atoms with E-state index in [9.17, 15) is 14.4 Å². The maximum Gasteiger partial charge on any atom is 0.335 e. The number of hydrogen-bond donors (Lipinski definition) is 1. The number of fused-ring (bicyclic) bond motifs is 1. The van der Waals surface area contributed by atoms with Crippen molar-refractivity contribution in [3.8, 4) is 0 Å². The fourth-order valence-electron chi connectivity index (χ4n) is 4.21. The highest BCUT2D eigenvalue weighted by molar-refractivity contribution is 6.22. The quantitative estimate of drug-likeness (QED) is 0.861. The number of carbonyl (C=O) groups is 3. The van der Waals surface area contributed by atoms with E-state index >= 15 is 0 Å². The van der Waals surface area contributed by atoms with Gasteiger partial charge in [0.05, 0.1) is 23.1 Å². The molecule has 26 heavy (non-hydrogen) atoms. The molecule has 0 bridgehead atoms. The highest BCUT2D eigenvalue weighted by Crippen LogP contribution is 2.45. The normalized spacial score (nSPS) is 25.2. The van der Waals surface area contributed by atoms with Gasteiger partial charge in [-0.25, -0.2) is 4.79 Å². The molecule has 1 N–H and O–H groups in total. The Morgan fingerprint density at radius 1 is 0.885 bits per heavy atom. The third-order valence-corrected chi connectivity index (χ3v) is 5.57. The second kappa shape index (κ2) is 6.41. The molecule has 2 amide bonds. The number of anilines is 1. The predicted molar refractivity (Wildman–Crippen MR) is 95.9 cm³/mol. The Hall–Kier alpha value is -2.95. The van der Waals surface area contributed by atoms with Crippen LogP contribution in [0.15, 0.2) is 54.6 Å². The maximum atomic E-state index is 12.9. The fraction of sp³-hybridized carbons (Fsp3) is 0.286. The van der Waals surface area contributed by atoms with Crippen LogP contribution in [0.1, 0.15) is 41.1 Å². The molecule has 2 aromatic carbocycles. The molecular formula is C21H19NO4. The third kappa shape index (κ3) is 2.69. The van der Waals surface area contributed by atoms with Crippen LogP contribution in [0.2, 0.25) is 0 Å². The number of carboxylic acid groups (broad SMARTS) is 1. The maximum absolute atomic E-state index is 12.9. The van der Waals surface area contributed by atoms with Gasteiger partial charge in [-0.1, -0.05) is 30.3 Å². The minimum atomic E-state index is -1.03. The molecule has 1 heterocycles. The molecule has 5 heteroatoms. The lowest BCUT2D eigenvalue weighted by molar-refractivity contribution is -0.122. The Morgan fingerprint density at radius 3 is 2.19 bits per heavy atom. The van der Waals surface area contributed by atoms with Gasteiger partial charge in [0.2, 0.25) is 11.8 Å². The smallest absolute Gasteiger partial charge is 0.335 e. The summed E-state index contributed by atoms with van der Waals surface area (Å²) in [6, 6.07) is 16.0. The lowest BCUT2D eigenvalue weighted by atomic mass is 9.73. The summed E-state index contributed by atoms with van der Waals surface area (Å²) in [6.07, 6.45) is 2.29. The van der Waals surface area contributed by atoms with E-state index in [1.807, 2.05) is 18.2 Å². The molecule has 1 saturated heterocycles. The van der Waals surface area contributed by atoms with Gasteiger partial charge in [0.25, 0.3) is 0 Å². The minimum absolute atomic E-state index is 0.134. The van der Waals surface area contributed by atoms with Gasteiger partial charge in [0.15, 0.2) is 0 Å². The monoisotopic (exact) mass is 349 g/mol. The average molecular weight is 349 g/mol. The van der Waals surface area contributed by atoms with Crippen LogP contribution in [0.4, 0.5) is 5.69 Å². The Labute approximate surface area is 151 Å². The van der Waals surface area contributed by atoms with E-state index in [1.165, 1.54) is 34.7 Å². The van der Waals surface area contributed by atoms with Crippen LogP contribution in [0.5, 0.6) is 0 Å². The van der Waals surface area contributed by atoms with Crippen LogP contribution in [0, 0.1) is 11.8 Å². The summed E-state index contributed by atoms with van der Waals surface area (Å²) < 4.78 is 0. The first-order chi connectivity index (χ1) is 12.6. The van der Waals surface area contributed by atoms with E-state index in [4.69, 9.17) is 5.11 Å². The number of amides is 2. The first-order valence-corrected chi connectivity index (χ1v) is 8.82. The number of carbonyl (C=O) groups excluding carboxylic acids is 2. The Kier molecular flexibility index (Phi) is 4.07. The molecule has 1 saturated carbocycles. The minimum Gasteiger partial charge on any atom is -0.478 e. The number of nitrogens with zero attached hydrogens (tertiary/aromatic N) is 1. The van der Waals surface area contributed by atoms with Crippen molar-refractivity contribution in [1.29, 1.82) is 0 Å². The molecule has 2 fully saturated rings. The molecule has 0 radical (unpaired) electrons. The van der Waals surface area contributed by atoms with E-state index in [0.717, 1.165) is 6.42 Å². The number of imide groups is 1. The number of carboxylic acids is 1. The third-order valence-electron chi connectivity index (χ3n) is 5.57. The molecule has 0 aromatic heterocycles. The molecule has 0 spiro atoms. The summed E-state index contributed by atoms with van der Waals surface area (Å²) >= 11 is 0. The van der Waals surface area contributed by atoms with Crippen molar-refractivity contribution in [2.75, 3.05) is 4.90 Å². The number of rotatable bonds is 3. The van der Waals surface area contributed by atoms with E-state index in [2.05, 4.69) is 12.1 Å². The summed E-state index contributed by atoms with van der Waals surface area (Å²) in [5, 5.41) is 9.00. The number of hydrogen-bond acceptors (Lipinski definition) is 3. The zero-order valence-electron chi connectivity index (χ0n) is 14.2. The zero-order valence-corrected chi connectivity index (χ0v) is 14.2. The number of benzene rings is 2. The SMILES string of the molecule is O=C(O)c1ccc(N2C(=O)[C@H]3C[C@H](c4ccccc4)CC[C@H]3C2=O)cc1. The Bertz CT molecular complexity index is 859. The van der Waals surface area contributed by atoms with Crippen LogP contribution < -0.4 is 4.90 Å². The topological polar surface area (TPSA) is 74.7 Å². The summed E-state index contributed by atoms with van der Waals surface area (Å²) in [6.45, 7) is 0. The molecule has 2 aliphatic rings. The van der Waals surface area contributed by atoms with E-state index < -0.39 is 5.97 Å². The second-order valence-corrected chi connectivity index (χ2v) is 7.00. The van der Waals surface area contributed by atoms with Crippen molar-refractivity contribution in [1.82, 2.24) is 0 Å². The van der Waals surface area contributed by atoms with Gasteiger partial charge in [0, 0.05) is 0 Å². The summed E-state index contributed by atoms with van der Waals surface area (Å²) in [5.74, 6) is -1.61. The van der Waals surface area contributed by atoms with Crippen molar-refractivity contribution in [3.63, 3.8) is 0 Å². The molecule has 132 valence electrons. The van der Waals surface area contributed by atoms with Gasteiger partial charge in [-0.3, -0.25) is 14.5 Å². The highest BCUT2D eigenvalue weighted by atomic mass is 16.4. The summed E-state index contributed by atoms with van der Waals surface area (Å²) in [4.78, 5) is 38.0. The van der Waals surface area contributed by atoms with Crippen molar-refractivity contribution >= 4 is 23.5 Å². The first-order valence-electron chi connectivity index (χ1n) is 8.82. The largest absolute Gasteiger partial charge is 0.478 e. The van der Waals surface area contributed by atoms with Crippen LogP contribution in [-0.2, 0) is 9.59 Å². The second-order valence-electron chi connectivity index (χ2n) is 7.00. The van der Waals surface area contributed by atoms with Gasteiger partial charge < -0.3 is 5.11 Å². The van der Waals surface area contributed by atoms with Crippen LogP contribution >= 0.6 is 0 Å². The standard InChI is InChI=1S/C21H19NO4/c23-19-17-11-8-15(13-4-2-1-3-5-13)12-18(17)20(24)22(19)16-9-6-14(7-10-16)21(25)26/h1-7,9-10,15,17-18H,8,11-12H2,(H,25,26)/t15-,17-,18+/m1/s1. The molecule has 2 aromatic rings. The number of aromatic carboxylic acids is 1. The predicted octanol–water partition coefficient (Wildman–Crippen LogP) is 3.46. The van der Waals surface area contributed by atoms with Gasteiger partial charge in [-0.05, 0) is 55.0 Å². The summed E-state index contributed by atoms with van der Waals surface area (Å²) in [5.41, 5.74) is 1.81. The lowest BCUT2D eigenvalue weighted by Gasteiger charge is -2.28. The van der Waals surface area contributed by atoms with Crippen LogP contribution in [0.3, 0.4) is 0 Å². The average Bonchev–Trinajstić information content (AvgIpc) is 2.93. The van der Waals surface area contributed by atoms with E-state index in [-0.39, 0.29) is 29.2 Å². The van der Waals surface area contributed by atoms with Crippen molar-refractivity contribution < 1.29 is 19.5 Å². The van der Waals surface area contributed by atoms with Gasteiger partial charge >= 0.3 is 5.97 Å². The molecule has 1 aliphatic heterocycles.